The Labute approximate surface area is 173 Å². The highest BCUT2D eigenvalue weighted by atomic mass is 35.5. The Balaban J connectivity index is 2.20. The van der Waals surface area contributed by atoms with Crippen LogP contribution in [0, 0.1) is 22.5 Å². The fourth-order valence-corrected chi connectivity index (χ4v) is 4.38. The Morgan fingerprint density at radius 3 is 2.69 bits per heavy atom. The Morgan fingerprint density at radius 1 is 1.34 bits per heavy atom. The van der Waals surface area contributed by atoms with Gasteiger partial charge in [0.15, 0.2) is 4.80 Å². The molecule has 1 amide bonds. The molecule has 0 saturated heterocycles. The SMILES string of the molecule is C#CCn1c(=NC(=O)c2cc([N+](=O)[O-])ccc2Cl)sc2cc(S(N)(=O)=O)ccc21. The lowest BCUT2D eigenvalue weighted by atomic mass is 10.2. The molecular weight excluding hydrogens is 440 g/mol. The smallest absolute Gasteiger partial charge is 0.281 e. The molecule has 148 valence electrons. The van der Waals surface area contributed by atoms with E-state index in [4.69, 9.17) is 23.2 Å². The van der Waals surface area contributed by atoms with Crippen LogP contribution in [-0.2, 0) is 16.6 Å². The van der Waals surface area contributed by atoms with Crippen LogP contribution in [0.4, 0.5) is 5.69 Å². The summed E-state index contributed by atoms with van der Waals surface area (Å²) < 4.78 is 25.2. The highest BCUT2D eigenvalue weighted by Crippen LogP contribution is 2.24. The number of carbonyl (C=O) groups excluding carboxylic acids is 1. The van der Waals surface area contributed by atoms with Crippen LogP contribution in [0.2, 0.25) is 5.02 Å². The van der Waals surface area contributed by atoms with Gasteiger partial charge in [-0.2, -0.15) is 4.99 Å². The number of terminal acetylenes is 1. The number of sulfonamides is 1. The number of nitrogens with two attached hydrogens (primary N) is 1. The van der Waals surface area contributed by atoms with Gasteiger partial charge in [-0.1, -0.05) is 28.9 Å². The molecule has 1 heterocycles. The van der Waals surface area contributed by atoms with Crippen LogP contribution in [0.1, 0.15) is 10.4 Å². The van der Waals surface area contributed by atoms with E-state index in [1.165, 1.54) is 34.9 Å². The second kappa shape index (κ2) is 7.76. The van der Waals surface area contributed by atoms with E-state index in [9.17, 15) is 23.3 Å². The highest BCUT2D eigenvalue weighted by molar-refractivity contribution is 7.89. The molecule has 0 spiro atoms. The topological polar surface area (TPSA) is 138 Å². The van der Waals surface area contributed by atoms with Crippen LogP contribution in [-0.4, -0.2) is 23.8 Å². The molecule has 1 aromatic heterocycles. The quantitative estimate of drug-likeness (QED) is 0.369. The molecule has 0 bridgehead atoms. The number of fused-ring (bicyclic) bond motifs is 1. The van der Waals surface area contributed by atoms with Gasteiger partial charge in [0.1, 0.15) is 0 Å². The van der Waals surface area contributed by atoms with Crippen LogP contribution in [0.5, 0.6) is 0 Å². The van der Waals surface area contributed by atoms with Gasteiger partial charge in [-0.3, -0.25) is 14.9 Å². The minimum Gasteiger partial charge on any atom is -0.305 e. The molecule has 12 heteroatoms. The predicted molar refractivity (Wildman–Crippen MR) is 108 cm³/mol. The largest absolute Gasteiger partial charge is 0.305 e. The van der Waals surface area contributed by atoms with Crippen LogP contribution in [0.3, 0.4) is 0 Å². The summed E-state index contributed by atoms with van der Waals surface area (Å²) in [5.41, 5.74) is 0.103. The van der Waals surface area contributed by atoms with Crippen LogP contribution < -0.4 is 9.94 Å². The fraction of sp³-hybridized carbons (Fsp3) is 0.0588. The number of aromatic nitrogens is 1. The number of primary sulfonamides is 1. The van der Waals surface area contributed by atoms with Crippen LogP contribution >= 0.6 is 22.9 Å². The van der Waals surface area contributed by atoms with Gasteiger partial charge in [-0.25, -0.2) is 13.6 Å². The summed E-state index contributed by atoms with van der Waals surface area (Å²) in [6.07, 6.45) is 5.39. The number of thiazole rings is 1. The van der Waals surface area contributed by atoms with E-state index in [0.29, 0.717) is 10.2 Å². The summed E-state index contributed by atoms with van der Waals surface area (Å²) in [6, 6.07) is 7.62. The van der Waals surface area contributed by atoms with Gasteiger partial charge in [-0.15, -0.1) is 6.42 Å². The minimum atomic E-state index is -3.92. The number of nitro benzene ring substituents is 1. The first kappa shape index (κ1) is 20.7. The average molecular weight is 451 g/mol. The third-order valence-electron chi connectivity index (χ3n) is 3.82. The number of benzene rings is 2. The van der Waals surface area contributed by atoms with Gasteiger partial charge in [-0.05, 0) is 24.3 Å². The molecule has 2 aromatic carbocycles. The number of nitrogens with zero attached hydrogens (tertiary/aromatic N) is 3. The first-order valence-electron chi connectivity index (χ1n) is 7.74. The Kier molecular flexibility index (Phi) is 5.54. The molecular formula is C17H11ClN4O5S2. The predicted octanol–water partition coefficient (Wildman–Crippen LogP) is 2.29. The number of hydrogen-bond donors (Lipinski definition) is 1. The minimum absolute atomic E-state index is 0.00507. The van der Waals surface area contributed by atoms with Gasteiger partial charge in [0, 0.05) is 12.1 Å². The third kappa shape index (κ3) is 4.20. The van der Waals surface area contributed by atoms with E-state index in [0.717, 1.165) is 17.4 Å². The molecule has 3 aromatic rings. The van der Waals surface area contributed by atoms with E-state index in [1.54, 1.807) is 0 Å². The fourth-order valence-electron chi connectivity index (χ4n) is 2.50. The number of halogens is 1. The highest BCUT2D eigenvalue weighted by Gasteiger charge is 2.17. The van der Waals surface area contributed by atoms with Crippen molar-refractivity contribution in [1.29, 1.82) is 0 Å². The van der Waals surface area contributed by atoms with Crippen molar-refractivity contribution in [3.63, 3.8) is 0 Å². The van der Waals surface area contributed by atoms with Gasteiger partial charge >= 0.3 is 0 Å². The van der Waals surface area contributed by atoms with Crippen molar-refractivity contribution in [2.75, 3.05) is 0 Å². The van der Waals surface area contributed by atoms with Crippen molar-refractivity contribution in [2.24, 2.45) is 10.1 Å². The van der Waals surface area contributed by atoms with Crippen molar-refractivity contribution < 1.29 is 18.1 Å². The number of amides is 1. The molecule has 0 atom stereocenters. The molecule has 0 saturated carbocycles. The third-order valence-corrected chi connectivity index (χ3v) is 6.10. The average Bonchev–Trinajstić information content (AvgIpc) is 2.98. The molecule has 0 aliphatic rings. The normalized spacial score (nSPS) is 12.1. The number of nitro groups is 1. The van der Waals surface area contributed by atoms with E-state index in [-0.39, 0.29) is 32.5 Å². The maximum Gasteiger partial charge on any atom is 0.281 e. The maximum atomic E-state index is 12.6. The Morgan fingerprint density at radius 2 is 2.07 bits per heavy atom. The molecule has 0 aliphatic carbocycles. The zero-order chi connectivity index (χ0) is 21.3. The zero-order valence-electron chi connectivity index (χ0n) is 14.4. The summed E-state index contributed by atoms with van der Waals surface area (Å²) in [7, 11) is -3.92. The standard InChI is InChI=1S/C17H11ClN4O5S2/c1-2-7-21-14-6-4-11(29(19,26)27)9-15(14)28-17(21)20-16(23)12-8-10(22(24)25)3-5-13(12)18/h1,3-6,8-9H,7H2,(H2,19,26,27). The first-order chi connectivity index (χ1) is 13.6. The molecule has 0 fully saturated rings. The van der Waals surface area contributed by atoms with Gasteiger partial charge < -0.3 is 4.57 Å². The first-order valence-corrected chi connectivity index (χ1v) is 10.5. The van der Waals surface area contributed by atoms with Gasteiger partial charge in [0.2, 0.25) is 10.0 Å². The van der Waals surface area contributed by atoms with Gasteiger partial charge in [0.25, 0.3) is 11.6 Å². The monoisotopic (exact) mass is 450 g/mol. The van der Waals surface area contributed by atoms with E-state index < -0.39 is 20.9 Å². The van der Waals surface area contributed by atoms with Crippen LogP contribution in [0.15, 0.2) is 46.3 Å². The summed E-state index contributed by atoms with van der Waals surface area (Å²) in [6.45, 7) is 0.0590. The van der Waals surface area contributed by atoms with Crippen LogP contribution in [0.25, 0.3) is 10.2 Å². The number of rotatable bonds is 4. The Bertz CT molecular complexity index is 1380. The van der Waals surface area contributed by atoms with Crippen molar-refractivity contribution in [3.8, 4) is 12.3 Å². The lowest BCUT2D eigenvalue weighted by molar-refractivity contribution is -0.384. The number of non-ortho nitro benzene ring substituents is 1. The molecule has 0 aliphatic heterocycles. The molecule has 9 nitrogen and oxygen atoms in total. The Hall–Kier alpha value is -3.04. The zero-order valence-corrected chi connectivity index (χ0v) is 16.8. The summed E-state index contributed by atoms with van der Waals surface area (Å²) in [5.74, 6) is 1.63. The summed E-state index contributed by atoms with van der Waals surface area (Å²) in [4.78, 5) is 27.0. The molecule has 3 rings (SSSR count). The molecule has 0 radical (unpaired) electrons. The van der Waals surface area contributed by atoms with Crippen molar-refractivity contribution in [3.05, 3.63) is 61.9 Å². The summed E-state index contributed by atoms with van der Waals surface area (Å²) >= 11 is 7.01. The number of hydrogen-bond acceptors (Lipinski definition) is 6. The van der Waals surface area contributed by atoms with Crippen molar-refractivity contribution in [2.45, 2.75) is 11.4 Å². The number of carbonyl (C=O) groups is 1. The van der Waals surface area contributed by atoms with Crippen molar-refractivity contribution >= 4 is 54.8 Å². The lowest BCUT2D eigenvalue weighted by Gasteiger charge is -2.02. The van der Waals surface area contributed by atoms with Gasteiger partial charge in [0.05, 0.1) is 37.2 Å². The molecule has 2 N–H and O–H groups in total. The second-order valence-electron chi connectivity index (χ2n) is 5.69. The maximum absolute atomic E-state index is 12.6. The molecule has 29 heavy (non-hydrogen) atoms. The van der Waals surface area contributed by atoms with E-state index in [2.05, 4.69) is 10.9 Å². The van der Waals surface area contributed by atoms with E-state index >= 15 is 0 Å². The van der Waals surface area contributed by atoms with Crippen molar-refractivity contribution in [1.82, 2.24) is 4.57 Å². The second-order valence-corrected chi connectivity index (χ2v) is 8.67. The summed E-state index contributed by atoms with van der Waals surface area (Å²) in [5, 5.41) is 16.1. The lowest BCUT2D eigenvalue weighted by Crippen LogP contribution is -2.16. The van der Waals surface area contributed by atoms with E-state index in [1.807, 2.05) is 0 Å². The molecule has 0 unspecified atom stereocenters.